The number of rotatable bonds is 8. The third-order valence-electron chi connectivity index (χ3n) is 3.03. The molecule has 0 unspecified atom stereocenters. The zero-order valence-electron chi connectivity index (χ0n) is 12.6. The van der Waals surface area contributed by atoms with Crippen molar-refractivity contribution in [2.45, 2.75) is 33.5 Å². The van der Waals surface area contributed by atoms with E-state index in [9.17, 15) is 0 Å². The Morgan fingerprint density at radius 3 is 2.70 bits per heavy atom. The van der Waals surface area contributed by atoms with Gasteiger partial charge in [-0.05, 0) is 54.0 Å². The van der Waals surface area contributed by atoms with Gasteiger partial charge in [0.05, 0.1) is 13.1 Å². The van der Waals surface area contributed by atoms with Gasteiger partial charge in [-0.25, -0.2) is 0 Å². The molecule has 0 aliphatic rings. The van der Waals surface area contributed by atoms with E-state index in [4.69, 9.17) is 4.42 Å². The maximum atomic E-state index is 5.85. The van der Waals surface area contributed by atoms with Crippen LogP contribution in [-0.4, -0.2) is 18.5 Å². The quantitative estimate of drug-likeness (QED) is 0.804. The minimum atomic E-state index is 0.668. The van der Waals surface area contributed by atoms with Crippen molar-refractivity contribution in [3.8, 4) is 0 Å². The maximum Gasteiger partial charge on any atom is 0.118 e. The zero-order chi connectivity index (χ0) is 14.4. The average Bonchev–Trinajstić information content (AvgIpc) is 3.01. The van der Waals surface area contributed by atoms with Crippen LogP contribution in [0.4, 0.5) is 0 Å². The van der Waals surface area contributed by atoms with Crippen LogP contribution >= 0.6 is 11.3 Å². The predicted octanol–water partition coefficient (Wildman–Crippen LogP) is 3.72. The summed E-state index contributed by atoms with van der Waals surface area (Å²) >= 11 is 1.74. The second kappa shape index (κ2) is 7.62. The Kier molecular flexibility index (Phi) is 5.83. The molecule has 2 rings (SSSR count). The third-order valence-corrected chi connectivity index (χ3v) is 3.76. The summed E-state index contributed by atoms with van der Waals surface area (Å²) in [7, 11) is 2.12. The van der Waals surface area contributed by atoms with Gasteiger partial charge in [-0.3, -0.25) is 4.90 Å². The number of nitrogens with zero attached hydrogens (tertiary/aromatic N) is 1. The van der Waals surface area contributed by atoms with Gasteiger partial charge >= 0.3 is 0 Å². The molecular formula is C16H24N2OS. The third kappa shape index (κ3) is 5.12. The van der Waals surface area contributed by atoms with Crippen LogP contribution in [0.25, 0.3) is 0 Å². The predicted molar refractivity (Wildman–Crippen MR) is 84.7 cm³/mol. The lowest BCUT2D eigenvalue weighted by Gasteiger charge is -2.13. The molecule has 0 aliphatic heterocycles. The molecule has 2 aromatic rings. The standard InChI is InChI=1S/C16H24N2OS/c1-13(2)8-17-9-15-4-5-16(19-15)11-18(3)10-14-6-7-20-12-14/h4-7,12-13,17H,8-11H2,1-3H3. The fourth-order valence-electron chi connectivity index (χ4n) is 2.10. The van der Waals surface area contributed by atoms with Crippen molar-refractivity contribution < 1.29 is 4.42 Å². The van der Waals surface area contributed by atoms with Gasteiger partial charge < -0.3 is 9.73 Å². The second-order valence-corrected chi connectivity index (χ2v) is 6.48. The Labute approximate surface area is 125 Å². The van der Waals surface area contributed by atoms with E-state index in [0.717, 1.165) is 37.7 Å². The summed E-state index contributed by atoms with van der Waals surface area (Å²) in [5.41, 5.74) is 1.36. The van der Waals surface area contributed by atoms with E-state index in [0.29, 0.717) is 5.92 Å². The van der Waals surface area contributed by atoms with Gasteiger partial charge in [-0.1, -0.05) is 13.8 Å². The van der Waals surface area contributed by atoms with Gasteiger partial charge in [0.25, 0.3) is 0 Å². The van der Waals surface area contributed by atoms with Crippen molar-refractivity contribution in [3.63, 3.8) is 0 Å². The monoisotopic (exact) mass is 292 g/mol. The van der Waals surface area contributed by atoms with E-state index in [-0.39, 0.29) is 0 Å². The highest BCUT2D eigenvalue weighted by Crippen LogP contribution is 2.13. The molecule has 0 radical (unpaired) electrons. The lowest BCUT2D eigenvalue weighted by Crippen LogP contribution is -2.18. The molecule has 2 heterocycles. The normalized spacial score (nSPS) is 11.7. The number of hydrogen-bond acceptors (Lipinski definition) is 4. The number of furan rings is 1. The second-order valence-electron chi connectivity index (χ2n) is 5.70. The summed E-state index contributed by atoms with van der Waals surface area (Å²) in [6.07, 6.45) is 0. The average molecular weight is 292 g/mol. The molecule has 20 heavy (non-hydrogen) atoms. The van der Waals surface area contributed by atoms with Gasteiger partial charge in [-0.2, -0.15) is 11.3 Å². The van der Waals surface area contributed by atoms with Gasteiger partial charge in [0, 0.05) is 6.54 Å². The molecule has 0 aromatic carbocycles. The summed E-state index contributed by atoms with van der Waals surface area (Å²) < 4.78 is 5.85. The molecular weight excluding hydrogens is 268 g/mol. The molecule has 0 fully saturated rings. The Balaban J connectivity index is 1.77. The van der Waals surface area contributed by atoms with E-state index in [1.807, 2.05) is 0 Å². The molecule has 0 atom stereocenters. The molecule has 0 spiro atoms. The Hall–Kier alpha value is -1.10. The van der Waals surface area contributed by atoms with Crippen LogP contribution < -0.4 is 5.32 Å². The first kappa shape index (κ1) is 15.3. The van der Waals surface area contributed by atoms with Crippen LogP contribution in [-0.2, 0) is 19.6 Å². The van der Waals surface area contributed by atoms with Crippen molar-refractivity contribution in [2.75, 3.05) is 13.6 Å². The van der Waals surface area contributed by atoms with Crippen LogP contribution in [0.15, 0.2) is 33.4 Å². The Morgan fingerprint density at radius 1 is 1.20 bits per heavy atom. The molecule has 3 nitrogen and oxygen atoms in total. The molecule has 0 amide bonds. The van der Waals surface area contributed by atoms with Crippen LogP contribution in [0, 0.1) is 5.92 Å². The molecule has 0 aliphatic carbocycles. The van der Waals surface area contributed by atoms with Crippen LogP contribution in [0.5, 0.6) is 0 Å². The zero-order valence-corrected chi connectivity index (χ0v) is 13.4. The topological polar surface area (TPSA) is 28.4 Å². The Bertz CT molecular complexity index is 490. The van der Waals surface area contributed by atoms with Crippen molar-refractivity contribution in [2.24, 2.45) is 5.92 Å². The molecule has 4 heteroatoms. The number of hydrogen-bond donors (Lipinski definition) is 1. The lowest BCUT2D eigenvalue weighted by atomic mass is 10.2. The summed E-state index contributed by atoms with van der Waals surface area (Å²) in [6.45, 7) is 8.06. The van der Waals surface area contributed by atoms with E-state index < -0.39 is 0 Å². The molecule has 0 saturated carbocycles. The minimum Gasteiger partial charge on any atom is -0.463 e. The maximum absolute atomic E-state index is 5.85. The first-order chi connectivity index (χ1) is 9.63. The SMILES string of the molecule is CC(C)CNCc1ccc(CN(C)Cc2ccsc2)o1. The lowest BCUT2D eigenvalue weighted by molar-refractivity contribution is 0.282. The summed E-state index contributed by atoms with van der Waals surface area (Å²) in [6, 6.07) is 6.32. The van der Waals surface area contributed by atoms with Gasteiger partial charge in [0.2, 0.25) is 0 Å². The molecule has 110 valence electrons. The highest BCUT2D eigenvalue weighted by atomic mass is 32.1. The van der Waals surface area contributed by atoms with E-state index in [1.165, 1.54) is 5.56 Å². The molecule has 0 saturated heterocycles. The number of thiophene rings is 1. The van der Waals surface area contributed by atoms with Crippen LogP contribution in [0.2, 0.25) is 0 Å². The largest absolute Gasteiger partial charge is 0.463 e. The van der Waals surface area contributed by atoms with E-state index >= 15 is 0 Å². The fraction of sp³-hybridized carbons (Fsp3) is 0.500. The fourth-order valence-corrected chi connectivity index (χ4v) is 2.76. The van der Waals surface area contributed by atoms with Crippen molar-refractivity contribution >= 4 is 11.3 Å². The van der Waals surface area contributed by atoms with Crippen molar-refractivity contribution in [1.82, 2.24) is 10.2 Å². The summed E-state index contributed by atoms with van der Waals surface area (Å²) in [5.74, 6) is 2.72. The summed E-state index contributed by atoms with van der Waals surface area (Å²) in [4.78, 5) is 2.27. The first-order valence-electron chi connectivity index (χ1n) is 7.11. The van der Waals surface area contributed by atoms with Crippen molar-refractivity contribution in [1.29, 1.82) is 0 Å². The van der Waals surface area contributed by atoms with Crippen LogP contribution in [0.1, 0.15) is 30.9 Å². The van der Waals surface area contributed by atoms with Crippen LogP contribution in [0.3, 0.4) is 0 Å². The van der Waals surface area contributed by atoms with E-state index in [1.54, 1.807) is 11.3 Å². The Morgan fingerprint density at radius 2 is 2.00 bits per heavy atom. The van der Waals surface area contributed by atoms with Gasteiger partial charge in [0.1, 0.15) is 11.5 Å². The summed E-state index contributed by atoms with van der Waals surface area (Å²) in [5, 5.41) is 7.71. The van der Waals surface area contributed by atoms with E-state index in [2.05, 4.69) is 60.1 Å². The molecule has 2 aromatic heterocycles. The molecule has 1 N–H and O–H groups in total. The van der Waals surface area contributed by atoms with Gasteiger partial charge in [0.15, 0.2) is 0 Å². The highest BCUT2D eigenvalue weighted by Gasteiger charge is 2.06. The minimum absolute atomic E-state index is 0.668. The highest BCUT2D eigenvalue weighted by molar-refractivity contribution is 7.07. The molecule has 0 bridgehead atoms. The van der Waals surface area contributed by atoms with Crippen molar-refractivity contribution in [3.05, 3.63) is 46.0 Å². The first-order valence-corrected chi connectivity index (χ1v) is 8.05. The number of nitrogens with one attached hydrogen (secondary N) is 1. The smallest absolute Gasteiger partial charge is 0.118 e. The van der Waals surface area contributed by atoms with Gasteiger partial charge in [-0.15, -0.1) is 0 Å².